The van der Waals surface area contributed by atoms with Crippen LogP contribution in [0, 0.1) is 0 Å². The number of likely N-dealkylation sites (N-methyl/N-ethyl adjacent to an activating group) is 1. The summed E-state index contributed by atoms with van der Waals surface area (Å²) >= 11 is 0. The second-order valence-electron chi connectivity index (χ2n) is 3.43. The maximum atomic E-state index is 12.0. The number of nitrogens with two attached hydrogens (primary N) is 1. The Morgan fingerprint density at radius 2 is 2.20 bits per heavy atom. The zero-order chi connectivity index (χ0) is 11.4. The molecular formula is C10H18N4O. The van der Waals surface area contributed by atoms with E-state index in [0.29, 0.717) is 5.82 Å². The summed E-state index contributed by atoms with van der Waals surface area (Å²) in [6.07, 6.45) is 3.26. The van der Waals surface area contributed by atoms with Crippen LogP contribution in [-0.4, -0.2) is 33.4 Å². The molecule has 0 saturated carbocycles. The molecule has 1 aromatic rings. The predicted octanol–water partition coefficient (Wildman–Crippen LogP) is 0.895. The summed E-state index contributed by atoms with van der Waals surface area (Å²) in [5, 5.41) is 0. The normalized spacial score (nSPS) is 12.5. The van der Waals surface area contributed by atoms with Gasteiger partial charge in [-0.25, -0.2) is 4.98 Å². The lowest BCUT2D eigenvalue weighted by Crippen LogP contribution is -2.35. The first-order valence-electron chi connectivity index (χ1n) is 5.17. The number of rotatable bonds is 4. The van der Waals surface area contributed by atoms with Crippen LogP contribution in [-0.2, 0) is 4.79 Å². The van der Waals surface area contributed by atoms with Crippen molar-refractivity contribution in [3.05, 3.63) is 12.5 Å². The first kappa shape index (κ1) is 11.6. The van der Waals surface area contributed by atoms with Crippen LogP contribution < -0.4 is 5.73 Å². The van der Waals surface area contributed by atoms with Crippen molar-refractivity contribution >= 4 is 11.7 Å². The molecule has 0 bridgehead atoms. The average Bonchev–Trinajstić information content (AvgIpc) is 2.65. The highest BCUT2D eigenvalue weighted by atomic mass is 16.2. The Morgan fingerprint density at radius 3 is 2.60 bits per heavy atom. The van der Waals surface area contributed by atoms with Gasteiger partial charge in [0, 0.05) is 19.3 Å². The lowest BCUT2D eigenvalue weighted by Gasteiger charge is -2.23. The summed E-state index contributed by atoms with van der Waals surface area (Å²) in [6.45, 7) is 7.24. The minimum Gasteiger partial charge on any atom is -0.382 e. The molecule has 2 N–H and O–H groups in total. The van der Waals surface area contributed by atoms with E-state index in [1.54, 1.807) is 22.0 Å². The second kappa shape index (κ2) is 4.82. The van der Waals surface area contributed by atoms with E-state index in [1.807, 2.05) is 20.8 Å². The third kappa shape index (κ3) is 2.49. The van der Waals surface area contributed by atoms with Crippen molar-refractivity contribution in [2.45, 2.75) is 26.8 Å². The molecule has 0 aliphatic carbocycles. The molecule has 0 aromatic carbocycles. The molecule has 84 valence electrons. The molecule has 1 atom stereocenters. The maximum Gasteiger partial charge on any atom is 0.245 e. The Labute approximate surface area is 89.9 Å². The van der Waals surface area contributed by atoms with Gasteiger partial charge in [0.05, 0.1) is 6.33 Å². The van der Waals surface area contributed by atoms with Gasteiger partial charge in [-0.05, 0) is 20.8 Å². The lowest BCUT2D eigenvalue weighted by atomic mass is 10.3. The van der Waals surface area contributed by atoms with Gasteiger partial charge in [-0.1, -0.05) is 0 Å². The molecule has 1 aromatic heterocycles. The Morgan fingerprint density at radius 1 is 1.60 bits per heavy atom. The van der Waals surface area contributed by atoms with Gasteiger partial charge in [-0.15, -0.1) is 0 Å². The molecule has 5 heteroatoms. The van der Waals surface area contributed by atoms with Crippen LogP contribution in [0.4, 0.5) is 5.82 Å². The number of imidazole rings is 1. The summed E-state index contributed by atoms with van der Waals surface area (Å²) in [6, 6.07) is -0.241. The van der Waals surface area contributed by atoms with Gasteiger partial charge in [0.25, 0.3) is 0 Å². The molecule has 0 aliphatic heterocycles. The summed E-state index contributed by atoms with van der Waals surface area (Å²) in [5.41, 5.74) is 5.50. The summed E-state index contributed by atoms with van der Waals surface area (Å²) in [4.78, 5) is 17.6. The second-order valence-corrected chi connectivity index (χ2v) is 3.43. The first-order valence-corrected chi connectivity index (χ1v) is 5.17. The highest BCUT2D eigenvalue weighted by molar-refractivity contribution is 5.80. The van der Waals surface area contributed by atoms with E-state index < -0.39 is 0 Å². The first-order chi connectivity index (χ1) is 7.10. The Kier molecular flexibility index (Phi) is 3.71. The fraction of sp³-hybridized carbons (Fsp3) is 0.600. The minimum atomic E-state index is -0.241. The predicted molar refractivity (Wildman–Crippen MR) is 59.3 cm³/mol. The van der Waals surface area contributed by atoms with E-state index in [0.717, 1.165) is 13.1 Å². The van der Waals surface area contributed by atoms with Gasteiger partial charge in [-0.3, -0.25) is 4.79 Å². The molecule has 1 amide bonds. The van der Waals surface area contributed by atoms with Gasteiger partial charge in [0.1, 0.15) is 11.9 Å². The number of anilines is 1. The van der Waals surface area contributed by atoms with Crippen LogP contribution in [0.25, 0.3) is 0 Å². The summed E-state index contributed by atoms with van der Waals surface area (Å²) in [7, 11) is 0. The van der Waals surface area contributed by atoms with Crippen LogP contribution >= 0.6 is 0 Å². The van der Waals surface area contributed by atoms with Crippen LogP contribution in [0.3, 0.4) is 0 Å². The largest absolute Gasteiger partial charge is 0.382 e. The van der Waals surface area contributed by atoms with Crippen LogP contribution in [0.5, 0.6) is 0 Å². The molecular weight excluding hydrogens is 192 g/mol. The van der Waals surface area contributed by atoms with Gasteiger partial charge in [0.15, 0.2) is 0 Å². The lowest BCUT2D eigenvalue weighted by molar-refractivity contribution is -0.133. The van der Waals surface area contributed by atoms with E-state index in [9.17, 15) is 4.79 Å². The molecule has 0 saturated heterocycles. The number of carbonyl (C=O) groups is 1. The highest BCUT2D eigenvalue weighted by Gasteiger charge is 2.19. The van der Waals surface area contributed by atoms with Gasteiger partial charge >= 0.3 is 0 Å². The fourth-order valence-corrected chi connectivity index (χ4v) is 1.49. The SMILES string of the molecule is CCN(CC)C(=O)C(C)n1cnc(N)c1. The Bertz CT molecular complexity index is 330. The number of carbonyl (C=O) groups excluding carboxylic acids is 1. The number of amides is 1. The number of hydrogen-bond donors (Lipinski definition) is 1. The highest BCUT2D eigenvalue weighted by Crippen LogP contribution is 2.11. The van der Waals surface area contributed by atoms with Gasteiger partial charge < -0.3 is 15.2 Å². The smallest absolute Gasteiger partial charge is 0.245 e. The van der Waals surface area contributed by atoms with Crippen molar-refractivity contribution in [3.63, 3.8) is 0 Å². The number of nitrogens with zero attached hydrogens (tertiary/aromatic N) is 3. The summed E-state index contributed by atoms with van der Waals surface area (Å²) in [5.74, 6) is 0.534. The molecule has 1 rings (SSSR count). The van der Waals surface area contributed by atoms with E-state index in [2.05, 4.69) is 4.98 Å². The number of nitrogen functional groups attached to an aromatic ring is 1. The van der Waals surface area contributed by atoms with Gasteiger partial charge in [-0.2, -0.15) is 0 Å². The van der Waals surface area contributed by atoms with Crippen LogP contribution in [0.1, 0.15) is 26.8 Å². The molecule has 0 aliphatic rings. The quantitative estimate of drug-likeness (QED) is 0.802. The van der Waals surface area contributed by atoms with Crippen molar-refractivity contribution < 1.29 is 4.79 Å². The standard InChI is InChI=1S/C10H18N4O/c1-4-13(5-2)10(15)8(3)14-6-9(11)12-7-14/h6-8H,4-5,11H2,1-3H3. The van der Waals surface area contributed by atoms with Crippen LogP contribution in [0.15, 0.2) is 12.5 Å². The average molecular weight is 210 g/mol. The Balaban J connectivity index is 2.76. The van der Waals surface area contributed by atoms with Crippen LogP contribution in [0.2, 0.25) is 0 Å². The minimum absolute atomic E-state index is 0.0948. The third-order valence-corrected chi connectivity index (χ3v) is 2.50. The third-order valence-electron chi connectivity index (χ3n) is 2.50. The molecule has 0 spiro atoms. The fourth-order valence-electron chi connectivity index (χ4n) is 1.49. The van der Waals surface area contributed by atoms with Crippen molar-refractivity contribution in [3.8, 4) is 0 Å². The van der Waals surface area contributed by atoms with E-state index in [-0.39, 0.29) is 11.9 Å². The molecule has 15 heavy (non-hydrogen) atoms. The van der Waals surface area contributed by atoms with E-state index >= 15 is 0 Å². The Hall–Kier alpha value is -1.52. The monoisotopic (exact) mass is 210 g/mol. The van der Waals surface area contributed by atoms with Crippen molar-refractivity contribution in [2.24, 2.45) is 0 Å². The topological polar surface area (TPSA) is 64.2 Å². The molecule has 5 nitrogen and oxygen atoms in total. The number of hydrogen-bond acceptors (Lipinski definition) is 3. The zero-order valence-corrected chi connectivity index (χ0v) is 9.47. The van der Waals surface area contributed by atoms with Gasteiger partial charge in [0.2, 0.25) is 5.91 Å². The number of aromatic nitrogens is 2. The molecule has 1 heterocycles. The van der Waals surface area contributed by atoms with Crippen molar-refractivity contribution in [2.75, 3.05) is 18.8 Å². The molecule has 0 fully saturated rings. The summed E-state index contributed by atoms with van der Waals surface area (Å²) < 4.78 is 1.73. The zero-order valence-electron chi connectivity index (χ0n) is 9.47. The van der Waals surface area contributed by atoms with Crippen molar-refractivity contribution in [1.29, 1.82) is 0 Å². The van der Waals surface area contributed by atoms with E-state index in [1.165, 1.54) is 0 Å². The van der Waals surface area contributed by atoms with Crippen molar-refractivity contribution in [1.82, 2.24) is 14.5 Å². The van der Waals surface area contributed by atoms with E-state index in [4.69, 9.17) is 5.73 Å². The molecule has 0 radical (unpaired) electrons. The maximum absolute atomic E-state index is 12.0. The molecule has 1 unspecified atom stereocenters.